The van der Waals surface area contributed by atoms with E-state index in [1.54, 1.807) is 0 Å². The SMILES string of the molecule is CCOC(=O)N1[C@@H]2CC[C@H]1C[C@@H](N)C2. The summed E-state index contributed by atoms with van der Waals surface area (Å²) in [6.07, 6.45) is 3.92. The van der Waals surface area contributed by atoms with Crippen molar-refractivity contribution in [2.24, 2.45) is 5.73 Å². The summed E-state index contributed by atoms with van der Waals surface area (Å²) in [4.78, 5) is 13.5. The first-order valence-electron chi connectivity index (χ1n) is 5.43. The Morgan fingerprint density at radius 3 is 2.50 bits per heavy atom. The van der Waals surface area contributed by atoms with Gasteiger partial charge in [0.25, 0.3) is 0 Å². The summed E-state index contributed by atoms with van der Waals surface area (Å²) >= 11 is 0. The van der Waals surface area contributed by atoms with Gasteiger partial charge in [0.05, 0.1) is 6.61 Å². The van der Waals surface area contributed by atoms with Gasteiger partial charge in [-0.1, -0.05) is 0 Å². The second kappa shape index (κ2) is 3.77. The zero-order chi connectivity index (χ0) is 10.1. The highest BCUT2D eigenvalue weighted by Crippen LogP contribution is 2.35. The van der Waals surface area contributed by atoms with Gasteiger partial charge in [0.1, 0.15) is 0 Å². The van der Waals surface area contributed by atoms with E-state index >= 15 is 0 Å². The number of rotatable bonds is 1. The molecule has 0 saturated carbocycles. The molecule has 2 aliphatic rings. The van der Waals surface area contributed by atoms with Crippen molar-refractivity contribution in [3.63, 3.8) is 0 Å². The van der Waals surface area contributed by atoms with Crippen molar-refractivity contribution < 1.29 is 9.53 Å². The molecule has 80 valence electrons. The zero-order valence-corrected chi connectivity index (χ0v) is 8.61. The van der Waals surface area contributed by atoms with Crippen LogP contribution in [0, 0.1) is 0 Å². The highest BCUT2D eigenvalue weighted by Gasteiger charge is 2.42. The first kappa shape index (κ1) is 9.77. The predicted octanol–water partition coefficient (Wildman–Crippen LogP) is 1.10. The van der Waals surface area contributed by atoms with Crippen LogP contribution in [0.5, 0.6) is 0 Å². The molecule has 3 atom stereocenters. The van der Waals surface area contributed by atoms with Gasteiger partial charge >= 0.3 is 6.09 Å². The van der Waals surface area contributed by atoms with Gasteiger partial charge in [-0.25, -0.2) is 4.79 Å². The summed E-state index contributed by atoms with van der Waals surface area (Å²) < 4.78 is 5.04. The van der Waals surface area contributed by atoms with Gasteiger partial charge in [-0.15, -0.1) is 0 Å². The Labute approximate surface area is 84.4 Å². The smallest absolute Gasteiger partial charge is 0.410 e. The topological polar surface area (TPSA) is 55.6 Å². The molecule has 0 aliphatic carbocycles. The van der Waals surface area contributed by atoms with Crippen LogP contribution in [0.15, 0.2) is 0 Å². The molecule has 0 unspecified atom stereocenters. The Balaban J connectivity index is 2.03. The Morgan fingerprint density at radius 1 is 1.43 bits per heavy atom. The number of hydrogen-bond acceptors (Lipinski definition) is 3. The fraction of sp³-hybridized carbons (Fsp3) is 0.900. The summed E-state index contributed by atoms with van der Waals surface area (Å²) in [5.74, 6) is 0. The van der Waals surface area contributed by atoms with E-state index in [0.717, 1.165) is 25.7 Å². The van der Waals surface area contributed by atoms with Crippen molar-refractivity contribution in [2.75, 3.05) is 6.61 Å². The standard InChI is InChI=1S/C10H18N2O2/c1-2-14-10(13)12-8-3-4-9(12)6-7(11)5-8/h7-9H,2-6,11H2,1H3/t7-,8+,9-. The lowest BCUT2D eigenvalue weighted by atomic mass is 9.99. The molecule has 1 amide bonds. The normalized spacial score (nSPS) is 35.9. The van der Waals surface area contributed by atoms with Gasteiger partial charge in [-0.05, 0) is 32.6 Å². The maximum Gasteiger partial charge on any atom is 0.410 e. The molecule has 2 aliphatic heterocycles. The third-order valence-electron chi connectivity index (χ3n) is 3.25. The number of amides is 1. The summed E-state index contributed by atoms with van der Waals surface area (Å²) in [7, 11) is 0. The lowest BCUT2D eigenvalue weighted by molar-refractivity contribution is 0.0696. The van der Waals surface area contributed by atoms with Crippen molar-refractivity contribution >= 4 is 6.09 Å². The molecule has 0 radical (unpaired) electrons. The minimum atomic E-state index is -0.146. The van der Waals surface area contributed by atoms with Crippen LogP contribution in [0.2, 0.25) is 0 Å². The number of carbonyl (C=O) groups is 1. The molecule has 4 heteroatoms. The molecule has 2 N–H and O–H groups in total. The molecule has 2 saturated heterocycles. The predicted molar refractivity (Wildman–Crippen MR) is 52.9 cm³/mol. The van der Waals surface area contributed by atoms with E-state index in [2.05, 4.69) is 0 Å². The second-order valence-corrected chi connectivity index (χ2v) is 4.22. The van der Waals surface area contributed by atoms with Crippen LogP contribution in [0.1, 0.15) is 32.6 Å². The first-order chi connectivity index (χ1) is 6.72. The fourth-order valence-corrected chi connectivity index (χ4v) is 2.72. The number of ether oxygens (including phenoxy) is 1. The average Bonchev–Trinajstić information content (AvgIpc) is 2.39. The number of fused-ring (bicyclic) bond motifs is 2. The molecule has 0 aromatic heterocycles. The highest BCUT2D eigenvalue weighted by molar-refractivity contribution is 5.69. The lowest BCUT2D eigenvalue weighted by Gasteiger charge is -2.36. The summed E-state index contributed by atoms with van der Waals surface area (Å²) in [5, 5.41) is 0. The fourth-order valence-electron chi connectivity index (χ4n) is 2.72. The first-order valence-corrected chi connectivity index (χ1v) is 5.43. The zero-order valence-electron chi connectivity index (χ0n) is 8.61. The minimum absolute atomic E-state index is 0.146. The van der Waals surface area contributed by atoms with Crippen LogP contribution in [-0.2, 0) is 4.74 Å². The van der Waals surface area contributed by atoms with Gasteiger partial charge in [0.15, 0.2) is 0 Å². The van der Waals surface area contributed by atoms with Crippen LogP contribution in [0.25, 0.3) is 0 Å². The van der Waals surface area contributed by atoms with Gasteiger partial charge in [-0.3, -0.25) is 0 Å². The molecule has 0 aromatic rings. The Kier molecular flexibility index (Phi) is 2.63. The van der Waals surface area contributed by atoms with Gasteiger partial charge in [-0.2, -0.15) is 0 Å². The highest BCUT2D eigenvalue weighted by atomic mass is 16.6. The monoisotopic (exact) mass is 198 g/mol. The number of hydrogen-bond donors (Lipinski definition) is 1. The summed E-state index contributed by atoms with van der Waals surface area (Å²) in [6.45, 7) is 2.30. The molecule has 2 bridgehead atoms. The minimum Gasteiger partial charge on any atom is -0.450 e. The molecule has 0 spiro atoms. The molecule has 2 rings (SSSR count). The van der Waals surface area contributed by atoms with E-state index in [-0.39, 0.29) is 12.1 Å². The summed E-state index contributed by atoms with van der Waals surface area (Å²) in [5.41, 5.74) is 5.91. The molecule has 2 heterocycles. The molecular weight excluding hydrogens is 180 g/mol. The Bertz CT molecular complexity index is 218. The number of piperidine rings is 1. The van der Waals surface area contributed by atoms with Crippen molar-refractivity contribution in [1.29, 1.82) is 0 Å². The number of nitrogens with two attached hydrogens (primary N) is 1. The second-order valence-electron chi connectivity index (χ2n) is 4.22. The van der Waals surface area contributed by atoms with E-state index in [1.807, 2.05) is 11.8 Å². The molecule has 4 nitrogen and oxygen atoms in total. The van der Waals surface area contributed by atoms with Crippen LogP contribution < -0.4 is 5.73 Å². The molecular formula is C10H18N2O2. The number of nitrogens with zero attached hydrogens (tertiary/aromatic N) is 1. The van der Waals surface area contributed by atoms with E-state index < -0.39 is 0 Å². The average molecular weight is 198 g/mol. The van der Waals surface area contributed by atoms with Crippen molar-refractivity contribution in [3.05, 3.63) is 0 Å². The third-order valence-corrected chi connectivity index (χ3v) is 3.25. The van der Waals surface area contributed by atoms with Crippen LogP contribution in [-0.4, -0.2) is 35.7 Å². The van der Waals surface area contributed by atoms with E-state index in [1.165, 1.54) is 0 Å². The molecule has 14 heavy (non-hydrogen) atoms. The summed E-state index contributed by atoms with van der Waals surface area (Å²) in [6, 6.07) is 0.948. The third kappa shape index (κ3) is 1.59. The largest absolute Gasteiger partial charge is 0.450 e. The Morgan fingerprint density at radius 2 is 2.00 bits per heavy atom. The maximum atomic E-state index is 11.6. The maximum absolute atomic E-state index is 11.6. The van der Waals surface area contributed by atoms with Gasteiger partial charge < -0.3 is 15.4 Å². The molecule has 2 fully saturated rings. The van der Waals surface area contributed by atoms with Crippen LogP contribution >= 0.6 is 0 Å². The lowest BCUT2D eigenvalue weighted by Crippen LogP contribution is -2.50. The van der Waals surface area contributed by atoms with E-state index in [4.69, 9.17) is 10.5 Å². The number of carbonyl (C=O) groups excluding carboxylic acids is 1. The van der Waals surface area contributed by atoms with Crippen LogP contribution in [0.3, 0.4) is 0 Å². The van der Waals surface area contributed by atoms with Gasteiger partial charge in [0.2, 0.25) is 0 Å². The van der Waals surface area contributed by atoms with E-state index in [9.17, 15) is 4.79 Å². The van der Waals surface area contributed by atoms with Crippen molar-refractivity contribution in [2.45, 2.75) is 50.7 Å². The quantitative estimate of drug-likeness (QED) is 0.686. The van der Waals surface area contributed by atoms with Crippen molar-refractivity contribution in [3.8, 4) is 0 Å². The Hall–Kier alpha value is -0.770. The van der Waals surface area contributed by atoms with Crippen LogP contribution in [0.4, 0.5) is 4.79 Å². The van der Waals surface area contributed by atoms with Crippen molar-refractivity contribution in [1.82, 2.24) is 4.90 Å². The molecule has 0 aromatic carbocycles. The van der Waals surface area contributed by atoms with E-state index in [0.29, 0.717) is 18.7 Å². The van der Waals surface area contributed by atoms with Gasteiger partial charge in [0, 0.05) is 18.1 Å².